The number of nitrogens with zero attached hydrogens (tertiary/aromatic N) is 3. The normalized spacial score (nSPS) is 11.7. The molecule has 0 bridgehead atoms. The zero-order valence-corrected chi connectivity index (χ0v) is 16.2. The van der Waals surface area contributed by atoms with Crippen LogP contribution >= 0.6 is 0 Å². The maximum Gasteiger partial charge on any atom is 0.277 e. The maximum absolute atomic E-state index is 12.1. The molecule has 0 saturated heterocycles. The SMILES string of the molecule is CC(/C=N\NC(=O)c1cc([N+](=O)[O-])cc([N+](=O)[O-])c1)=C/c1ccc(C(C)C)cc1. The molecule has 29 heavy (non-hydrogen) atoms. The Balaban J connectivity index is 2.10. The predicted molar refractivity (Wildman–Crippen MR) is 110 cm³/mol. The number of nitro groups is 2. The van der Waals surface area contributed by atoms with Crippen molar-refractivity contribution in [2.75, 3.05) is 0 Å². The number of benzene rings is 2. The summed E-state index contributed by atoms with van der Waals surface area (Å²) in [6, 6.07) is 10.7. The molecule has 1 amide bonds. The number of hydrogen-bond donors (Lipinski definition) is 1. The predicted octanol–water partition coefficient (Wildman–Crippen LogP) is 4.45. The molecule has 0 aliphatic rings. The van der Waals surface area contributed by atoms with Gasteiger partial charge in [-0.25, -0.2) is 5.43 Å². The van der Waals surface area contributed by atoms with Crippen LogP contribution in [-0.2, 0) is 0 Å². The molecular weight excluding hydrogens is 376 g/mol. The molecule has 0 fully saturated rings. The molecule has 0 saturated carbocycles. The van der Waals surface area contributed by atoms with Gasteiger partial charge in [-0.05, 0) is 29.5 Å². The molecule has 0 atom stereocenters. The molecule has 0 aromatic heterocycles. The van der Waals surface area contributed by atoms with Crippen LogP contribution < -0.4 is 5.43 Å². The zero-order valence-electron chi connectivity index (χ0n) is 16.2. The van der Waals surface area contributed by atoms with Crippen molar-refractivity contribution < 1.29 is 14.6 Å². The summed E-state index contributed by atoms with van der Waals surface area (Å²) in [5.41, 5.74) is 3.85. The van der Waals surface area contributed by atoms with E-state index in [1.54, 1.807) is 6.92 Å². The highest BCUT2D eigenvalue weighted by Crippen LogP contribution is 2.22. The van der Waals surface area contributed by atoms with Crippen molar-refractivity contribution in [1.29, 1.82) is 0 Å². The van der Waals surface area contributed by atoms with E-state index in [-0.39, 0.29) is 5.56 Å². The van der Waals surface area contributed by atoms with Crippen LogP contribution in [0.1, 0.15) is 48.2 Å². The van der Waals surface area contributed by atoms with Gasteiger partial charge in [0, 0.05) is 12.1 Å². The van der Waals surface area contributed by atoms with Gasteiger partial charge in [0.1, 0.15) is 0 Å². The van der Waals surface area contributed by atoms with Crippen LogP contribution in [0.2, 0.25) is 0 Å². The van der Waals surface area contributed by atoms with Gasteiger partial charge in [0.05, 0.1) is 27.7 Å². The van der Waals surface area contributed by atoms with Gasteiger partial charge in [0.15, 0.2) is 0 Å². The molecule has 0 aliphatic heterocycles. The summed E-state index contributed by atoms with van der Waals surface area (Å²) in [4.78, 5) is 32.3. The number of allylic oxidation sites excluding steroid dienone is 1. The Morgan fingerprint density at radius 3 is 2.07 bits per heavy atom. The van der Waals surface area contributed by atoms with E-state index < -0.39 is 27.1 Å². The van der Waals surface area contributed by atoms with E-state index in [4.69, 9.17) is 0 Å². The number of nitrogens with one attached hydrogen (secondary N) is 1. The van der Waals surface area contributed by atoms with Gasteiger partial charge < -0.3 is 0 Å². The average molecular weight is 396 g/mol. The highest BCUT2D eigenvalue weighted by Gasteiger charge is 2.19. The lowest BCUT2D eigenvalue weighted by Crippen LogP contribution is -2.18. The van der Waals surface area contributed by atoms with Crippen LogP contribution in [0, 0.1) is 20.2 Å². The van der Waals surface area contributed by atoms with Gasteiger partial charge in [-0.1, -0.05) is 44.2 Å². The van der Waals surface area contributed by atoms with E-state index in [2.05, 4.69) is 24.4 Å². The lowest BCUT2D eigenvalue weighted by molar-refractivity contribution is -0.394. The number of hydrazone groups is 1. The van der Waals surface area contributed by atoms with E-state index in [0.717, 1.165) is 29.3 Å². The van der Waals surface area contributed by atoms with Crippen molar-refractivity contribution in [1.82, 2.24) is 5.43 Å². The molecule has 0 radical (unpaired) electrons. The zero-order chi connectivity index (χ0) is 21.6. The van der Waals surface area contributed by atoms with Crippen LogP contribution in [0.15, 0.2) is 53.1 Å². The van der Waals surface area contributed by atoms with Gasteiger partial charge in [-0.3, -0.25) is 25.0 Å². The number of nitro benzene ring substituents is 2. The third-order valence-electron chi connectivity index (χ3n) is 4.02. The fourth-order valence-electron chi connectivity index (χ4n) is 2.47. The number of hydrogen-bond acceptors (Lipinski definition) is 6. The Morgan fingerprint density at radius 1 is 1.03 bits per heavy atom. The minimum atomic E-state index is -0.801. The first-order valence-electron chi connectivity index (χ1n) is 8.73. The van der Waals surface area contributed by atoms with Gasteiger partial charge in [-0.2, -0.15) is 5.10 Å². The molecule has 2 aromatic carbocycles. The molecule has 0 unspecified atom stereocenters. The molecule has 0 spiro atoms. The van der Waals surface area contributed by atoms with Crippen LogP contribution in [0.4, 0.5) is 11.4 Å². The van der Waals surface area contributed by atoms with E-state index in [0.29, 0.717) is 5.92 Å². The van der Waals surface area contributed by atoms with E-state index in [9.17, 15) is 25.0 Å². The largest absolute Gasteiger partial charge is 0.277 e. The topological polar surface area (TPSA) is 128 Å². The number of rotatable bonds is 7. The highest BCUT2D eigenvalue weighted by atomic mass is 16.6. The van der Waals surface area contributed by atoms with Crippen LogP contribution in [0.25, 0.3) is 6.08 Å². The average Bonchev–Trinajstić information content (AvgIpc) is 2.67. The smallest absolute Gasteiger partial charge is 0.267 e. The molecule has 0 heterocycles. The maximum atomic E-state index is 12.1. The molecule has 9 heteroatoms. The summed E-state index contributed by atoms with van der Waals surface area (Å²) < 4.78 is 0. The van der Waals surface area contributed by atoms with Gasteiger partial charge in [0.2, 0.25) is 0 Å². The Labute approximate surface area is 167 Å². The third-order valence-corrected chi connectivity index (χ3v) is 4.02. The minimum absolute atomic E-state index is 0.228. The Bertz CT molecular complexity index is 962. The molecule has 150 valence electrons. The fraction of sp³-hybridized carbons (Fsp3) is 0.200. The summed E-state index contributed by atoms with van der Waals surface area (Å²) >= 11 is 0. The molecule has 9 nitrogen and oxygen atoms in total. The third kappa shape index (κ3) is 6.06. The van der Waals surface area contributed by atoms with Crippen molar-refractivity contribution in [3.63, 3.8) is 0 Å². The highest BCUT2D eigenvalue weighted by molar-refractivity contribution is 5.96. The van der Waals surface area contributed by atoms with Crippen molar-refractivity contribution in [3.8, 4) is 0 Å². The molecule has 2 aromatic rings. The van der Waals surface area contributed by atoms with Crippen molar-refractivity contribution in [2.45, 2.75) is 26.7 Å². The van der Waals surface area contributed by atoms with Crippen molar-refractivity contribution in [2.24, 2.45) is 5.10 Å². The second-order valence-corrected chi connectivity index (χ2v) is 6.66. The molecule has 1 N–H and O–H groups in total. The van der Waals surface area contributed by atoms with Crippen molar-refractivity contribution in [3.05, 3.63) is 85.0 Å². The van der Waals surface area contributed by atoms with Crippen LogP contribution in [0.5, 0.6) is 0 Å². The summed E-state index contributed by atoms with van der Waals surface area (Å²) in [7, 11) is 0. The first-order valence-corrected chi connectivity index (χ1v) is 8.73. The Kier molecular flexibility index (Phi) is 6.91. The quantitative estimate of drug-likeness (QED) is 0.420. The van der Waals surface area contributed by atoms with Gasteiger partial charge in [-0.15, -0.1) is 0 Å². The number of non-ortho nitro benzene ring substituents is 2. The monoisotopic (exact) mass is 396 g/mol. The van der Waals surface area contributed by atoms with Gasteiger partial charge >= 0.3 is 0 Å². The lowest BCUT2D eigenvalue weighted by atomic mass is 10.0. The summed E-state index contributed by atoms with van der Waals surface area (Å²) in [5, 5.41) is 25.6. The van der Waals surface area contributed by atoms with E-state index in [1.165, 1.54) is 11.8 Å². The summed E-state index contributed by atoms with van der Waals surface area (Å²) in [5.74, 6) is -0.349. The Morgan fingerprint density at radius 2 is 1.59 bits per heavy atom. The number of carbonyl (C=O) groups is 1. The van der Waals surface area contributed by atoms with Crippen LogP contribution in [0.3, 0.4) is 0 Å². The fourth-order valence-corrected chi connectivity index (χ4v) is 2.47. The second-order valence-electron chi connectivity index (χ2n) is 6.66. The first kappa shape index (κ1) is 21.4. The van der Waals surface area contributed by atoms with E-state index >= 15 is 0 Å². The standard InChI is InChI=1S/C20H20N4O5/c1-13(2)16-6-4-15(5-7-16)8-14(3)12-21-22-20(25)17-9-18(23(26)27)11-19(10-17)24(28)29/h4-13H,1-3H3,(H,22,25)/b14-8-,21-12-. The number of carbonyl (C=O) groups excluding carboxylic acids is 1. The van der Waals surface area contributed by atoms with E-state index in [1.807, 2.05) is 30.3 Å². The summed E-state index contributed by atoms with van der Waals surface area (Å²) in [6.45, 7) is 6.02. The molecule has 0 aliphatic carbocycles. The lowest BCUT2D eigenvalue weighted by Gasteiger charge is -2.05. The van der Waals surface area contributed by atoms with Crippen molar-refractivity contribution >= 4 is 29.6 Å². The van der Waals surface area contributed by atoms with Crippen LogP contribution in [-0.4, -0.2) is 22.0 Å². The Hall–Kier alpha value is -3.88. The molecular formula is C20H20N4O5. The molecule has 2 rings (SSSR count). The van der Waals surface area contributed by atoms with Gasteiger partial charge in [0.25, 0.3) is 17.3 Å². The second kappa shape index (κ2) is 9.36. The number of amides is 1. The minimum Gasteiger partial charge on any atom is -0.267 e. The summed E-state index contributed by atoms with van der Waals surface area (Å²) in [6.07, 6.45) is 3.29. The first-order chi connectivity index (χ1) is 13.7.